The number of carbonyl (C=O) groups is 3. The van der Waals surface area contributed by atoms with Crippen LogP contribution in [0, 0.1) is 23.7 Å². The molecule has 5 amide bonds. The van der Waals surface area contributed by atoms with Crippen LogP contribution in [0.3, 0.4) is 0 Å². The lowest BCUT2D eigenvalue weighted by Gasteiger charge is -2.45. The topological polar surface area (TPSA) is 138 Å². The third-order valence-corrected chi connectivity index (χ3v) is 5.66. The molecule has 11 nitrogen and oxygen atoms in total. The van der Waals surface area contributed by atoms with Gasteiger partial charge in [-0.25, -0.2) is 25.3 Å². The maximum absolute atomic E-state index is 13.5. The summed E-state index contributed by atoms with van der Waals surface area (Å²) in [6.45, 7) is 7.88. The molecule has 192 valence electrons. The molecule has 1 saturated heterocycles. The third kappa shape index (κ3) is 6.36. The largest absolute Gasteiger partial charge is 0.493 e. The number of nitrogens with zero attached hydrogens (tertiary/aromatic N) is 4. The van der Waals surface area contributed by atoms with Crippen molar-refractivity contribution in [1.29, 1.82) is 0 Å². The van der Waals surface area contributed by atoms with Gasteiger partial charge in [-0.1, -0.05) is 50.6 Å². The highest BCUT2D eigenvalue weighted by Gasteiger charge is 2.44. The van der Waals surface area contributed by atoms with E-state index in [0.29, 0.717) is 24.0 Å². The molecule has 36 heavy (non-hydrogen) atoms. The van der Waals surface area contributed by atoms with E-state index >= 15 is 0 Å². The van der Waals surface area contributed by atoms with E-state index in [1.807, 2.05) is 31.2 Å². The number of nitrogens with one attached hydrogen (secondary N) is 1. The number of urea groups is 2. The van der Waals surface area contributed by atoms with E-state index in [1.54, 1.807) is 24.3 Å². The number of ether oxygens (including phenoxy) is 1. The number of nitroso groups, excluding NO2 is 1. The molecular weight excluding hydrogens is 464 g/mol. The smallest absolute Gasteiger partial charge is 0.345 e. The van der Waals surface area contributed by atoms with Crippen LogP contribution < -0.4 is 15.9 Å². The van der Waals surface area contributed by atoms with E-state index in [4.69, 9.17) is 10.6 Å². The Kier molecular flexibility index (Phi) is 8.59. The van der Waals surface area contributed by atoms with Gasteiger partial charge >= 0.3 is 12.1 Å². The molecule has 0 bridgehead atoms. The first-order valence-electron chi connectivity index (χ1n) is 11.7. The van der Waals surface area contributed by atoms with Crippen molar-refractivity contribution in [2.24, 2.45) is 22.9 Å². The molecule has 1 aliphatic rings. The quantitative estimate of drug-likeness (QED) is 0.289. The van der Waals surface area contributed by atoms with Crippen LogP contribution in [0.25, 0.3) is 0 Å². The highest BCUT2D eigenvalue weighted by Crippen LogP contribution is 2.24. The summed E-state index contributed by atoms with van der Waals surface area (Å²) in [5.74, 6) is 5.33. The third-order valence-electron chi connectivity index (χ3n) is 5.66. The molecule has 1 heterocycles. The standard InChI is InChI=1S/C25H32N6O5/c1-16(2)15-36-21-11-9-20(10-12-21)27-23-29(14-19-7-5-17(3)6-8-19)24(33)30(25(34)31(23)26)13-18(4)22(32)28-35/h5-12,16,18,23,27H,13-15,26H2,1-4H3/t18-,23?/m0/s1. The van der Waals surface area contributed by atoms with Gasteiger partial charge in [0.25, 0.3) is 5.91 Å². The summed E-state index contributed by atoms with van der Waals surface area (Å²) in [5, 5.41) is 6.43. The molecule has 2 atom stereocenters. The number of anilines is 1. The number of aryl methyl sites for hydroxylation is 1. The number of imide groups is 1. The van der Waals surface area contributed by atoms with Crippen LogP contribution in [0.5, 0.6) is 5.75 Å². The van der Waals surface area contributed by atoms with E-state index in [-0.39, 0.29) is 13.1 Å². The molecule has 1 unspecified atom stereocenters. The Bertz CT molecular complexity index is 1090. The number of benzene rings is 2. The van der Waals surface area contributed by atoms with Crippen LogP contribution in [0.2, 0.25) is 0 Å². The van der Waals surface area contributed by atoms with Crippen molar-refractivity contribution in [1.82, 2.24) is 14.8 Å². The molecule has 3 N–H and O–H groups in total. The lowest BCUT2D eigenvalue weighted by atomic mass is 10.1. The van der Waals surface area contributed by atoms with E-state index in [9.17, 15) is 19.3 Å². The predicted molar refractivity (Wildman–Crippen MR) is 134 cm³/mol. The van der Waals surface area contributed by atoms with Crippen molar-refractivity contribution in [3.05, 3.63) is 64.6 Å². The highest BCUT2D eigenvalue weighted by molar-refractivity contribution is 5.96. The average molecular weight is 497 g/mol. The Balaban J connectivity index is 1.87. The van der Waals surface area contributed by atoms with Gasteiger partial charge in [0.05, 0.1) is 19.1 Å². The molecule has 11 heteroatoms. The number of hydrogen-bond acceptors (Lipinski definition) is 7. The molecule has 2 aromatic carbocycles. The second-order valence-corrected chi connectivity index (χ2v) is 9.27. The lowest BCUT2D eigenvalue weighted by Crippen LogP contribution is -2.70. The molecule has 0 saturated carbocycles. The summed E-state index contributed by atoms with van der Waals surface area (Å²) < 4.78 is 5.71. The van der Waals surface area contributed by atoms with Gasteiger partial charge in [-0.2, -0.15) is 0 Å². The van der Waals surface area contributed by atoms with E-state index in [1.165, 1.54) is 11.8 Å². The van der Waals surface area contributed by atoms with Crippen LogP contribution in [-0.4, -0.2) is 52.2 Å². The first-order valence-corrected chi connectivity index (χ1v) is 11.7. The summed E-state index contributed by atoms with van der Waals surface area (Å²) in [6, 6.07) is 13.3. The van der Waals surface area contributed by atoms with Gasteiger partial charge in [-0.05, 0) is 42.7 Å². The number of rotatable bonds is 10. The number of amides is 5. The molecule has 1 aliphatic heterocycles. The molecule has 0 spiro atoms. The summed E-state index contributed by atoms with van der Waals surface area (Å²) >= 11 is 0. The monoisotopic (exact) mass is 496 g/mol. The van der Waals surface area contributed by atoms with Crippen LogP contribution in [0.15, 0.2) is 53.7 Å². The van der Waals surface area contributed by atoms with E-state index < -0.39 is 30.2 Å². The summed E-state index contributed by atoms with van der Waals surface area (Å²) in [5.41, 5.74) is 2.49. The van der Waals surface area contributed by atoms with Gasteiger partial charge in [0.15, 0.2) is 0 Å². The second-order valence-electron chi connectivity index (χ2n) is 9.27. The predicted octanol–water partition coefficient (Wildman–Crippen LogP) is 3.89. The molecule has 2 aromatic rings. The van der Waals surface area contributed by atoms with Crippen LogP contribution >= 0.6 is 0 Å². The number of hydrazine groups is 1. The molecule has 0 aliphatic carbocycles. The van der Waals surface area contributed by atoms with Gasteiger partial charge in [-0.15, -0.1) is 4.91 Å². The SMILES string of the molecule is Cc1ccc(CN2C(=O)N(C[C@H](C)C(=O)N=O)C(=O)N(N)C2Nc2ccc(OCC(C)C)cc2)cc1. The van der Waals surface area contributed by atoms with E-state index in [2.05, 4.69) is 24.3 Å². The molecule has 0 aromatic heterocycles. The fourth-order valence-electron chi connectivity index (χ4n) is 3.58. The van der Waals surface area contributed by atoms with Gasteiger partial charge in [0.1, 0.15) is 5.75 Å². The molecule has 3 rings (SSSR count). The van der Waals surface area contributed by atoms with Crippen molar-refractivity contribution < 1.29 is 19.1 Å². The van der Waals surface area contributed by atoms with E-state index in [0.717, 1.165) is 21.0 Å². The Hall–Kier alpha value is -3.99. The van der Waals surface area contributed by atoms with Crippen molar-refractivity contribution in [3.8, 4) is 5.75 Å². The lowest BCUT2D eigenvalue weighted by molar-refractivity contribution is -0.121. The highest BCUT2D eigenvalue weighted by atomic mass is 16.5. The zero-order chi connectivity index (χ0) is 26.4. The summed E-state index contributed by atoms with van der Waals surface area (Å²) in [6.07, 6.45) is -1.01. The minimum atomic E-state index is -1.01. The van der Waals surface area contributed by atoms with Gasteiger partial charge < -0.3 is 10.1 Å². The minimum Gasteiger partial charge on any atom is -0.493 e. The number of carbonyl (C=O) groups excluding carboxylic acids is 3. The van der Waals surface area contributed by atoms with Gasteiger partial charge in [-0.3, -0.25) is 9.69 Å². The summed E-state index contributed by atoms with van der Waals surface area (Å²) in [7, 11) is 0. The average Bonchev–Trinajstić information content (AvgIpc) is 2.87. The minimum absolute atomic E-state index is 0.137. The zero-order valence-corrected chi connectivity index (χ0v) is 20.9. The summed E-state index contributed by atoms with van der Waals surface area (Å²) in [4.78, 5) is 51.1. The number of nitrogens with two attached hydrogens (primary N) is 1. The van der Waals surface area contributed by atoms with Crippen molar-refractivity contribution in [3.63, 3.8) is 0 Å². The zero-order valence-electron chi connectivity index (χ0n) is 20.9. The van der Waals surface area contributed by atoms with Gasteiger partial charge in [0.2, 0.25) is 6.29 Å². The Labute approximate surface area is 210 Å². The molecule has 0 radical (unpaired) electrons. The Morgan fingerprint density at radius 3 is 2.28 bits per heavy atom. The first kappa shape index (κ1) is 26.6. The van der Waals surface area contributed by atoms with Crippen LogP contribution in [0.1, 0.15) is 31.9 Å². The second kappa shape index (κ2) is 11.6. The number of hydrogen-bond donors (Lipinski definition) is 2. The van der Waals surface area contributed by atoms with Crippen molar-refractivity contribution in [2.75, 3.05) is 18.5 Å². The fraction of sp³-hybridized carbons (Fsp3) is 0.400. The fourth-order valence-corrected chi connectivity index (χ4v) is 3.58. The molecular formula is C25H32N6O5. The van der Waals surface area contributed by atoms with Gasteiger partial charge in [0, 0.05) is 17.4 Å². The Morgan fingerprint density at radius 2 is 1.69 bits per heavy atom. The normalized spacial score (nSPS) is 16.8. The van der Waals surface area contributed by atoms with Crippen LogP contribution in [-0.2, 0) is 11.3 Å². The van der Waals surface area contributed by atoms with Crippen LogP contribution in [0.4, 0.5) is 15.3 Å². The Morgan fingerprint density at radius 1 is 1.06 bits per heavy atom. The van der Waals surface area contributed by atoms with Crippen molar-refractivity contribution in [2.45, 2.75) is 40.5 Å². The van der Waals surface area contributed by atoms with Crippen molar-refractivity contribution >= 4 is 23.7 Å². The first-order chi connectivity index (χ1) is 17.1. The maximum atomic E-state index is 13.5. The maximum Gasteiger partial charge on any atom is 0.345 e. The molecule has 1 fully saturated rings.